The minimum Gasteiger partial charge on any atom is -0.481 e. The van der Waals surface area contributed by atoms with Gasteiger partial charge < -0.3 is 29.5 Å². The summed E-state index contributed by atoms with van der Waals surface area (Å²) in [7, 11) is 0. The van der Waals surface area contributed by atoms with E-state index in [0.717, 1.165) is 49.5 Å². The third-order valence-electron chi connectivity index (χ3n) is 7.18. The van der Waals surface area contributed by atoms with Crippen molar-refractivity contribution in [2.75, 3.05) is 30.0 Å². The Morgan fingerprint density at radius 1 is 1.11 bits per heavy atom. The molecule has 0 bridgehead atoms. The van der Waals surface area contributed by atoms with Crippen LogP contribution in [0, 0.1) is 5.92 Å². The van der Waals surface area contributed by atoms with Crippen molar-refractivity contribution in [1.29, 1.82) is 0 Å². The summed E-state index contributed by atoms with van der Waals surface area (Å²) in [5.41, 5.74) is 3.34. The summed E-state index contributed by atoms with van der Waals surface area (Å²) >= 11 is 0. The van der Waals surface area contributed by atoms with Gasteiger partial charge in [-0.05, 0) is 73.8 Å². The van der Waals surface area contributed by atoms with E-state index in [1.54, 1.807) is 6.07 Å². The molecule has 1 aliphatic carbocycles. The predicted molar refractivity (Wildman–Crippen MR) is 132 cm³/mol. The summed E-state index contributed by atoms with van der Waals surface area (Å²) in [5.74, 6) is -0.352. The van der Waals surface area contributed by atoms with Crippen molar-refractivity contribution >= 4 is 23.0 Å². The number of nitrogens with zero attached hydrogens (tertiary/aromatic N) is 1. The molecule has 1 unspecified atom stereocenters. The molecule has 0 radical (unpaired) electrons. The van der Waals surface area contributed by atoms with E-state index >= 15 is 0 Å². The third kappa shape index (κ3) is 5.67. The van der Waals surface area contributed by atoms with Crippen molar-refractivity contribution in [3.8, 4) is 11.5 Å². The van der Waals surface area contributed by atoms with Crippen LogP contribution in [0.1, 0.15) is 56.9 Å². The maximum Gasteiger partial charge on any atom is 0.586 e. The lowest BCUT2D eigenvalue weighted by atomic mass is 9.92. The Labute approximate surface area is 209 Å². The van der Waals surface area contributed by atoms with E-state index in [9.17, 15) is 18.7 Å². The fraction of sp³-hybridized carbons (Fsp3) is 0.519. The Morgan fingerprint density at radius 2 is 1.86 bits per heavy atom. The highest BCUT2D eigenvalue weighted by Gasteiger charge is 2.43. The van der Waals surface area contributed by atoms with Crippen LogP contribution in [0.5, 0.6) is 11.5 Å². The number of carboxylic acid groups (broad SMARTS) is 1. The van der Waals surface area contributed by atoms with Crippen molar-refractivity contribution in [3.63, 3.8) is 0 Å². The minimum absolute atomic E-state index is 0.00963. The van der Waals surface area contributed by atoms with Crippen LogP contribution < -0.4 is 19.7 Å². The lowest BCUT2D eigenvalue weighted by Gasteiger charge is -2.38. The molecule has 1 atom stereocenters. The van der Waals surface area contributed by atoms with Crippen molar-refractivity contribution in [2.45, 2.75) is 63.7 Å². The highest BCUT2D eigenvalue weighted by Crippen LogP contribution is 2.44. The second-order valence-electron chi connectivity index (χ2n) is 9.87. The van der Waals surface area contributed by atoms with Crippen molar-refractivity contribution in [1.82, 2.24) is 0 Å². The molecule has 0 amide bonds. The molecule has 3 aliphatic rings. The van der Waals surface area contributed by atoms with Crippen LogP contribution in [0.15, 0.2) is 36.4 Å². The molecule has 1 saturated carbocycles. The fourth-order valence-corrected chi connectivity index (χ4v) is 5.07. The van der Waals surface area contributed by atoms with Crippen molar-refractivity contribution in [3.05, 3.63) is 42.0 Å². The SMILES string of the molecule is CCC(CC(=O)O)c1ccc(N(CC2CC2)C2CCOCC2)c(Nc2ccc3c(c2)OC(F)(F)O3)c1. The van der Waals surface area contributed by atoms with E-state index in [-0.39, 0.29) is 23.8 Å². The number of aliphatic carboxylic acids is 1. The molecule has 36 heavy (non-hydrogen) atoms. The van der Waals surface area contributed by atoms with Crippen LogP contribution in [0.3, 0.4) is 0 Å². The topological polar surface area (TPSA) is 80.3 Å². The summed E-state index contributed by atoms with van der Waals surface area (Å²) in [5, 5.41) is 12.8. The number of hydrogen-bond acceptors (Lipinski definition) is 6. The third-order valence-corrected chi connectivity index (χ3v) is 7.18. The van der Waals surface area contributed by atoms with Gasteiger partial charge in [-0.2, -0.15) is 0 Å². The van der Waals surface area contributed by atoms with Crippen LogP contribution in [-0.4, -0.2) is 43.2 Å². The molecule has 2 N–H and O–H groups in total. The second-order valence-corrected chi connectivity index (χ2v) is 9.87. The van der Waals surface area contributed by atoms with Gasteiger partial charge in [-0.3, -0.25) is 4.79 Å². The molecule has 5 rings (SSSR count). The number of halogens is 2. The number of carbonyl (C=O) groups is 1. The van der Waals surface area contributed by atoms with Crippen molar-refractivity contribution < 1.29 is 32.9 Å². The molecule has 7 nitrogen and oxygen atoms in total. The van der Waals surface area contributed by atoms with E-state index in [1.807, 2.05) is 19.1 Å². The van der Waals surface area contributed by atoms with Gasteiger partial charge in [0.05, 0.1) is 17.8 Å². The highest BCUT2D eigenvalue weighted by atomic mass is 19.3. The zero-order valence-electron chi connectivity index (χ0n) is 20.3. The molecule has 194 valence electrons. The number of ether oxygens (including phenoxy) is 3. The maximum absolute atomic E-state index is 13.6. The maximum atomic E-state index is 13.6. The van der Waals surface area contributed by atoms with E-state index in [1.165, 1.54) is 25.0 Å². The zero-order valence-corrected chi connectivity index (χ0v) is 20.3. The summed E-state index contributed by atoms with van der Waals surface area (Å²) in [4.78, 5) is 13.9. The molecule has 0 aromatic heterocycles. The summed E-state index contributed by atoms with van der Waals surface area (Å²) in [6.07, 6.45) is 1.35. The smallest absolute Gasteiger partial charge is 0.481 e. The summed E-state index contributed by atoms with van der Waals surface area (Å²) in [6.45, 7) is 4.37. The average Bonchev–Trinajstić information content (AvgIpc) is 3.61. The van der Waals surface area contributed by atoms with Gasteiger partial charge >= 0.3 is 12.3 Å². The number of rotatable bonds is 10. The molecule has 1 saturated heterocycles. The molecular weight excluding hydrogens is 470 g/mol. The standard InChI is InChI=1S/C27H32F2N2O5/c1-2-18(14-26(32)33)19-5-7-23(31(16-17-3-4-17)21-9-11-34-12-10-21)22(13-19)30-20-6-8-24-25(15-20)36-27(28,29)35-24/h5-8,13,15,17-18,21,30H,2-4,9-12,14,16H2,1H3,(H,32,33). The van der Waals surface area contributed by atoms with Crippen LogP contribution in [0.4, 0.5) is 25.8 Å². The quantitative estimate of drug-likeness (QED) is 0.405. The normalized spacial score (nSPS) is 19.6. The number of hydrogen-bond donors (Lipinski definition) is 2. The highest BCUT2D eigenvalue weighted by molar-refractivity contribution is 5.78. The Kier molecular flexibility index (Phi) is 6.92. The van der Waals surface area contributed by atoms with E-state index in [4.69, 9.17) is 4.74 Å². The first kappa shape index (κ1) is 24.6. The average molecular weight is 503 g/mol. The molecule has 0 spiro atoms. The zero-order chi connectivity index (χ0) is 25.3. The summed E-state index contributed by atoms with van der Waals surface area (Å²) in [6, 6.07) is 11.1. The monoisotopic (exact) mass is 502 g/mol. The number of carboxylic acids is 1. The van der Waals surface area contributed by atoms with Gasteiger partial charge in [0.25, 0.3) is 0 Å². The Bertz CT molecular complexity index is 1100. The molecule has 2 aromatic carbocycles. The van der Waals surface area contributed by atoms with E-state index in [2.05, 4.69) is 25.8 Å². The second kappa shape index (κ2) is 10.1. The van der Waals surface area contributed by atoms with Gasteiger partial charge in [-0.25, -0.2) is 0 Å². The predicted octanol–water partition coefficient (Wildman–Crippen LogP) is 6.12. The molecule has 2 fully saturated rings. The first-order valence-electron chi connectivity index (χ1n) is 12.7. The lowest BCUT2D eigenvalue weighted by Crippen LogP contribution is -2.41. The number of nitrogens with one attached hydrogen (secondary N) is 1. The Hall–Kier alpha value is -3.07. The van der Waals surface area contributed by atoms with Crippen LogP contribution >= 0.6 is 0 Å². The molecule has 9 heteroatoms. The van der Waals surface area contributed by atoms with Crippen LogP contribution in [0.25, 0.3) is 0 Å². The molecule has 2 heterocycles. The first-order valence-corrected chi connectivity index (χ1v) is 12.7. The van der Waals surface area contributed by atoms with E-state index in [0.29, 0.717) is 24.1 Å². The number of fused-ring (bicyclic) bond motifs is 1. The first-order chi connectivity index (χ1) is 17.3. The molecule has 2 aromatic rings. The summed E-state index contributed by atoms with van der Waals surface area (Å²) < 4.78 is 41.9. The van der Waals surface area contributed by atoms with Gasteiger partial charge in [-0.1, -0.05) is 13.0 Å². The Morgan fingerprint density at radius 3 is 2.56 bits per heavy atom. The molecule has 2 aliphatic heterocycles. The minimum atomic E-state index is -3.68. The lowest BCUT2D eigenvalue weighted by molar-refractivity contribution is -0.286. The number of benzene rings is 2. The van der Waals surface area contributed by atoms with Gasteiger partial charge in [0.15, 0.2) is 11.5 Å². The largest absolute Gasteiger partial charge is 0.586 e. The van der Waals surface area contributed by atoms with Gasteiger partial charge in [0.1, 0.15) is 0 Å². The number of anilines is 3. The van der Waals surface area contributed by atoms with Gasteiger partial charge in [-0.15, -0.1) is 8.78 Å². The van der Waals surface area contributed by atoms with Crippen molar-refractivity contribution in [2.24, 2.45) is 5.92 Å². The van der Waals surface area contributed by atoms with Gasteiger partial charge in [0, 0.05) is 37.6 Å². The van der Waals surface area contributed by atoms with Crippen LogP contribution in [-0.2, 0) is 9.53 Å². The van der Waals surface area contributed by atoms with Gasteiger partial charge in [0.2, 0.25) is 0 Å². The Balaban J connectivity index is 1.51. The molecular formula is C27H32F2N2O5. The van der Waals surface area contributed by atoms with E-state index < -0.39 is 12.3 Å². The number of alkyl halides is 2. The van der Waals surface area contributed by atoms with Crippen LogP contribution in [0.2, 0.25) is 0 Å². The fourth-order valence-electron chi connectivity index (χ4n) is 5.07.